The number of nitrogens with two attached hydrogens (primary N) is 1. The monoisotopic (exact) mass is 470 g/mol. The third-order valence-corrected chi connectivity index (χ3v) is 8.03. The molecule has 180 valence electrons. The van der Waals surface area contributed by atoms with Gasteiger partial charge in [0.1, 0.15) is 11.8 Å². The van der Waals surface area contributed by atoms with Crippen molar-refractivity contribution in [2.45, 2.75) is 44.3 Å². The quantitative estimate of drug-likeness (QED) is 0.479. The highest BCUT2D eigenvalue weighted by Crippen LogP contribution is 2.44. The first-order valence-corrected chi connectivity index (χ1v) is 12.3. The minimum Gasteiger partial charge on any atom is -0.496 e. The fourth-order valence-electron chi connectivity index (χ4n) is 6.26. The van der Waals surface area contributed by atoms with Crippen molar-refractivity contribution in [2.75, 3.05) is 20.2 Å². The number of aromatic nitrogens is 2. The van der Waals surface area contributed by atoms with E-state index in [1.54, 1.807) is 18.6 Å². The Morgan fingerprint density at radius 2 is 1.77 bits per heavy atom. The first kappa shape index (κ1) is 21.9. The van der Waals surface area contributed by atoms with E-state index >= 15 is 0 Å². The molecule has 1 amide bonds. The zero-order valence-electron chi connectivity index (χ0n) is 20.1. The Hall–Kier alpha value is -3.58. The summed E-state index contributed by atoms with van der Waals surface area (Å²) in [5.74, 6) is 0.419. The molecule has 6 rings (SSSR count). The van der Waals surface area contributed by atoms with Gasteiger partial charge in [-0.1, -0.05) is 36.4 Å². The number of primary amides is 1. The average Bonchev–Trinajstić information content (AvgIpc) is 3.40. The number of imidazole rings is 1. The molecule has 0 saturated carbocycles. The Morgan fingerprint density at radius 1 is 1.03 bits per heavy atom. The van der Waals surface area contributed by atoms with Crippen LogP contribution in [-0.2, 0) is 11.2 Å². The van der Waals surface area contributed by atoms with Gasteiger partial charge in [0.15, 0.2) is 0 Å². The number of methoxy groups -OCH3 is 1. The molecule has 3 aromatic carbocycles. The van der Waals surface area contributed by atoms with E-state index in [4.69, 9.17) is 10.5 Å². The van der Waals surface area contributed by atoms with Crippen LogP contribution in [0.15, 0.2) is 59.4 Å². The molecule has 4 aromatic rings. The molecular formula is C28H30N4O3. The van der Waals surface area contributed by atoms with Crippen molar-refractivity contribution < 1.29 is 9.53 Å². The van der Waals surface area contributed by atoms with Crippen LogP contribution in [-0.4, -0.2) is 40.1 Å². The van der Waals surface area contributed by atoms with Gasteiger partial charge in [-0.3, -0.25) is 18.8 Å². The Kier molecular flexibility index (Phi) is 5.18. The van der Waals surface area contributed by atoms with E-state index in [9.17, 15) is 9.59 Å². The maximum atomic E-state index is 13.5. The smallest absolute Gasteiger partial charge is 0.330 e. The number of nitrogens with zero attached hydrogens (tertiary/aromatic N) is 3. The van der Waals surface area contributed by atoms with Crippen LogP contribution in [0.1, 0.15) is 49.0 Å². The number of carbonyl (C=O) groups excluding carboxylic acids is 1. The van der Waals surface area contributed by atoms with Gasteiger partial charge >= 0.3 is 5.69 Å². The van der Waals surface area contributed by atoms with Gasteiger partial charge in [0.05, 0.1) is 18.1 Å². The number of hydrogen-bond acceptors (Lipinski definition) is 4. The zero-order chi connectivity index (χ0) is 24.3. The molecule has 0 spiro atoms. The molecule has 2 N–H and O–H groups in total. The molecule has 2 heterocycles. The summed E-state index contributed by atoms with van der Waals surface area (Å²) >= 11 is 0. The second-order valence-corrected chi connectivity index (χ2v) is 9.77. The summed E-state index contributed by atoms with van der Waals surface area (Å²) in [7, 11) is 1.73. The lowest BCUT2D eigenvalue weighted by Crippen LogP contribution is -2.40. The van der Waals surface area contributed by atoms with E-state index in [2.05, 4.69) is 35.2 Å². The third kappa shape index (κ3) is 3.29. The molecule has 1 aliphatic carbocycles. The third-order valence-electron chi connectivity index (χ3n) is 8.03. The predicted octanol–water partition coefficient (Wildman–Crippen LogP) is 3.95. The maximum Gasteiger partial charge on any atom is 0.330 e. The number of likely N-dealkylation sites (tertiary alicyclic amines) is 1. The van der Waals surface area contributed by atoms with Crippen LogP contribution in [0.5, 0.6) is 5.75 Å². The van der Waals surface area contributed by atoms with Gasteiger partial charge in [0.2, 0.25) is 5.91 Å². The van der Waals surface area contributed by atoms with E-state index in [0.717, 1.165) is 49.1 Å². The minimum absolute atomic E-state index is 0.0876. The van der Waals surface area contributed by atoms with Crippen LogP contribution >= 0.6 is 0 Å². The van der Waals surface area contributed by atoms with Crippen molar-refractivity contribution in [3.05, 3.63) is 76.2 Å². The molecule has 1 aromatic heterocycles. The molecule has 1 fully saturated rings. The molecule has 7 nitrogen and oxygen atoms in total. The number of rotatable bonds is 5. The van der Waals surface area contributed by atoms with E-state index in [1.165, 1.54) is 21.9 Å². The van der Waals surface area contributed by atoms with Crippen molar-refractivity contribution in [1.82, 2.24) is 14.0 Å². The van der Waals surface area contributed by atoms with Crippen molar-refractivity contribution >= 4 is 27.7 Å². The SMILES string of the molecule is COc1ccc2c3c(cccc13)C(N1CCC(n3c(=O)n(C(C)C(N)=O)c4ccccc43)CC1)C2. The van der Waals surface area contributed by atoms with Crippen molar-refractivity contribution in [3.8, 4) is 5.75 Å². The van der Waals surface area contributed by atoms with E-state index < -0.39 is 11.9 Å². The number of hydrogen-bond donors (Lipinski definition) is 1. The summed E-state index contributed by atoms with van der Waals surface area (Å²) in [5.41, 5.74) is 9.80. The summed E-state index contributed by atoms with van der Waals surface area (Å²) in [6, 6.07) is 18.2. The topological polar surface area (TPSA) is 82.5 Å². The second-order valence-electron chi connectivity index (χ2n) is 9.77. The molecule has 2 atom stereocenters. The second kappa shape index (κ2) is 8.27. The molecule has 2 aliphatic rings. The average molecular weight is 471 g/mol. The van der Waals surface area contributed by atoms with Gasteiger partial charge in [-0.05, 0) is 60.9 Å². The maximum absolute atomic E-state index is 13.5. The lowest BCUT2D eigenvalue weighted by atomic mass is 9.99. The Labute approximate surface area is 203 Å². The minimum atomic E-state index is -0.691. The van der Waals surface area contributed by atoms with Gasteiger partial charge in [-0.25, -0.2) is 4.79 Å². The van der Waals surface area contributed by atoms with Crippen LogP contribution in [0, 0.1) is 0 Å². The van der Waals surface area contributed by atoms with Crippen LogP contribution < -0.4 is 16.2 Å². The normalized spacial score (nSPS) is 19.4. The summed E-state index contributed by atoms with van der Waals surface area (Å²) < 4.78 is 9.05. The molecule has 35 heavy (non-hydrogen) atoms. The Balaban J connectivity index is 1.29. The highest BCUT2D eigenvalue weighted by molar-refractivity contribution is 5.95. The number of amides is 1. The first-order valence-electron chi connectivity index (χ1n) is 12.3. The Morgan fingerprint density at radius 3 is 2.49 bits per heavy atom. The van der Waals surface area contributed by atoms with E-state index in [0.29, 0.717) is 6.04 Å². The number of benzene rings is 3. The van der Waals surface area contributed by atoms with Gasteiger partial charge in [-0.15, -0.1) is 0 Å². The summed E-state index contributed by atoms with van der Waals surface area (Å²) in [5, 5.41) is 2.52. The largest absolute Gasteiger partial charge is 0.496 e. The highest BCUT2D eigenvalue weighted by atomic mass is 16.5. The van der Waals surface area contributed by atoms with E-state index in [-0.39, 0.29) is 11.7 Å². The summed E-state index contributed by atoms with van der Waals surface area (Å²) in [4.78, 5) is 28.0. The van der Waals surface area contributed by atoms with Crippen molar-refractivity contribution in [3.63, 3.8) is 0 Å². The molecule has 2 unspecified atom stereocenters. The van der Waals surface area contributed by atoms with E-state index in [1.807, 2.05) is 28.8 Å². The van der Waals surface area contributed by atoms with Crippen LogP contribution in [0.4, 0.5) is 0 Å². The number of para-hydroxylation sites is 2. The number of piperidine rings is 1. The predicted molar refractivity (Wildman–Crippen MR) is 137 cm³/mol. The van der Waals surface area contributed by atoms with Gasteiger partial charge in [-0.2, -0.15) is 0 Å². The lowest BCUT2D eigenvalue weighted by Gasteiger charge is -2.36. The van der Waals surface area contributed by atoms with Crippen molar-refractivity contribution in [2.24, 2.45) is 5.73 Å². The molecule has 1 aliphatic heterocycles. The van der Waals surface area contributed by atoms with Crippen LogP contribution in [0.3, 0.4) is 0 Å². The highest BCUT2D eigenvalue weighted by Gasteiger charge is 2.34. The van der Waals surface area contributed by atoms with Crippen molar-refractivity contribution in [1.29, 1.82) is 0 Å². The zero-order valence-corrected chi connectivity index (χ0v) is 20.1. The van der Waals surface area contributed by atoms with Crippen LogP contribution in [0.25, 0.3) is 21.8 Å². The molecule has 0 bridgehead atoms. The summed E-state index contributed by atoms with van der Waals surface area (Å²) in [6.07, 6.45) is 2.76. The summed E-state index contributed by atoms with van der Waals surface area (Å²) in [6.45, 7) is 3.51. The number of carbonyl (C=O) groups is 1. The fourth-order valence-corrected chi connectivity index (χ4v) is 6.26. The molecule has 0 radical (unpaired) electrons. The standard InChI is InChI=1S/C28H30N4O3/c1-17(27(29)33)31-22-8-3-4-9-23(22)32(28(31)34)19-12-14-30(15-13-19)24-16-18-10-11-25(35-2)21-7-5-6-20(24)26(18)21/h3-11,17,19,24H,12-16H2,1-2H3,(H2,29,33). The number of ether oxygens (including phenoxy) is 1. The van der Waals surface area contributed by atoms with Gasteiger partial charge in [0.25, 0.3) is 0 Å². The van der Waals surface area contributed by atoms with Gasteiger partial charge < -0.3 is 10.5 Å². The first-order chi connectivity index (χ1) is 17.0. The molecule has 7 heteroatoms. The van der Waals surface area contributed by atoms with Gasteiger partial charge in [0, 0.05) is 30.6 Å². The number of fused-ring (bicyclic) bond motifs is 1. The lowest BCUT2D eigenvalue weighted by molar-refractivity contribution is -0.120. The molecule has 1 saturated heterocycles. The Bertz CT molecular complexity index is 1510. The van der Waals surface area contributed by atoms with Crippen LogP contribution in [0.2, 0.25) is 0 Å². The molecular weight excluding hydrogens is 440 g/mol. The fraction of sp³-hybridized carbons (Fsp3) is 0.357.